The van der Waals surface area contributed by atoms with Gasteiger partial charge < -0.3 is 4.57 Å². The summed E-state index contributed by atoms with van der Waals surface area (Å²) in [6.45, 7) is 9.13. The summed E-state index contributed by atoms with van der Waals surface area (Å²) in [7, 11) is 0. The summed E-state index contributed by atoms with van der Waals surface area (Å²) in [5, 5.41) is 2.67. The normalized spacial score (nSPS) is 14.0. The maximum atomic E-state index is 5.05. The zero-order chi connectivity index (χ0) is 25.8. The van der Waals surface area contributed by atoms with Crippen molar-refractivity contribution in [2.24, 2.45) is 0 Å². The molecular formula is C35H27N3. The molecule has 0 amide bonds. The fraction of sp³-hybridized carbons (Fsp3) is 0.143. The van der Waals surface area contributed by atoms with Crippen molar-refractivity contribution in [3.8, 4) is 16.8 Å². The van der Waals surface area contributed by atoms with Crippen molar-refractivity contribution in [2.75, 3.05) is 0 Å². The molecule has 1 aliphatic heterocycles. The molecule has 3 nitrogen and oxygen atoms in total. The van der Waals surface area contributed by atoms with E-state index in [1.807, 2.05) is 24.3 Å². The van der Waals surface area contributed by atoms with E-state index in [4.69, 9.17) is 9.97 Å². The highest BCUT2D eigenvalue weighted by Gasteiger charge is 2.35. The van der Waals surface area contributed by atoms with Gasteiger partial charge in [0.05, 0.1) is 38.8 Å². The van der Waals surface area contributed by atoms with Crippen molar-refractivity contribution in [1.29, 1.82) is 0 Å². The summed E-state index contributed by atoms with van der Waals surface area (Å²) in [5.41, 5.74) is 15.0. The lowest BCUT2D eigenvalue weighted by Gasteiger charge is -2.35. The molecule has 0 fully saturated rings. The highest BCUT2D eigenvalue weighted by atomic mass is 15.0. The summed E-state index contributed by atoms with van der Waals surface area (Å²) in [5.74, 6) is 0. The lowest BCUT2D eigenvalue weighted by Crippen LogP contribution is -2.26. The Morgan fingerprint density at radius 2 is 1.39 bits per heavy atom. The monoisotopic (exact) mass is 489 g/mol. The van der Waals surface area contributed by atoms with E-state index in [1.54, 1.807) is 0 Å². The smallest absolute Gasteiger partial charge is 0.0972 e. The number of rotatable bonds is 1. The second kappa shape index (κ2) is 7.29. The van der Waals surface area contributed by atoms with Gasteiger partial charge in [0.2, 0.25) is 0 Å². The third-order valence-electron chi connectivity index (χ3n) is 8.43. The topological polar surface area (TPSA) is 30.7 Å². The molecule has 0 radical (unpaired) electrons. The van der Waals surface area contributed by atoms with Crippen LogP contribution in [0.5, 0.6) is 0 Å². The van der Waals surface area contributed by atoms with Crippen LogP contribution in [-0.4, -0.2) is 14.5 Å². The number of nitrogens with zero attached hydrogens (tertiary/aromatic N) is 3. The summed E-state index contributed by atoms with van der Waals surface area (Å²) in [4.78, 5) is 9.97. The second-order valence-electron chi connectivity index (χ2n) is 11.3. The van der Waals surface area contributed by atoms with Crippen LogP contribution < -0.4 is 0 Å². The fourth-order valence-electron chi connectivity index (χ4n) is 6.55. The van der Waals surface area contributed by atoms with E-state index in [1.165, 1.54) is 55.3 Å². The number of aryl methyl sites for hydroxylation is 2. The molecule has 7 aromatic rings. The molecule has 0 saturated heterocycles. The van der Waals surface area contributed by atoms with Gasteiger partial charge in [-0.1, -0.05) is 67.4 Å². The molecule has 38 heavy (non-hydrogen) atoms. The Hall–Kier alpha value is -4.50. The van der Waals surface area contributed by atoms with Gasteiger partial charge >= 0.3 is 0 Å². The van der Waals surface area contributed by atoms with Crippen LogP contribution in [0, 0.1) is 13.8 Å². The first kappa shape index (κ1) is 21.6. The largest absolute Gasteiger partial charge is 0.309 e. The minimum absolute atomic E-state index is 0.155. The summed E-state index contributed by atoms with van der Waals surface area (Å²) in [6, 6.07) is 33.0. The van der Waals surface area contributed by atoms with Crippen LogP contribution in [0.4, 0.5) is 0 Å². The first-order chi connectivity index (χ1) is 18.4. The van der Waals surface area contributed by atoms with Crippen LogP contribution in [0.1, 0.15) is 36.1 Å². The molecule has 2 aromatic heterocycles. The molecule has 0 N–H and O–H groups in total. The van der Waals surface area contributed by atoms with Gasteiger partial charge in [-0.2, -0.15) is 0 Å². The van der Waals surface area contributed by atoms with E-state index < -0.39 is 0 Å². The van der Waals surface area contributed by atoms with Gasteiger partial charge in [0.1, 0.15) is 0 Å². The third-order valence-corrected chi connectivity index (χ3v) is 8.43. The first-order valence-electron chi connectivity index (χ1n) is 13.3. The first-order valence-corrected chi connectivity index (χ1v) is 13.3. The van der Waals surface area contributed by atoms with Crippen molar-refractivity contribution >= 4 is 43.9 Å². The van der Waals surface area contributed by atoms with E-state index in [-0.39, 0.29) is 5.41 Å². The minimum Gasteiger partial charge on any atom is -0.309 e. The molecule has 3 heterocycles. The quantitative estimate of drug-likeness (QED) is 0.216. The summed E-state index contributed by atoms with van der Waals surface area (Å²) < 4.78 is 2.49. The van der Waals surface area contributed by atoms with Gasteiger partial charge in [0, 0.05) is 21.8 Å². The predicted molar refractivity (Wildman–Crippen MR) is 158 cm³/mol. The number of para-hydroxylation sites is 3. The second-order valence-corrected chi connectivity index (χ2v) is 11.3. The van der Waals surface area contributed by atoms with Gasteiger partial charge in [-0.3, -0.25) is 0 Å². The number of hydrogen-bond acceptors (Lipinski definition) is 2. The fourth-order valence-corrected chi connectivity index (χ4v) is 6.55. The SMILES string of the molecule is Cc1ccc2c(c1)c1cc(C)cc3c1n2-c1ccc(-c2cccc4nc5ccccc5nc24)cc1C3(C)C. The van der Waals surface area contributed by atoms with Crippen molar-refractivity contribution in [2.45, 2.75) is 33.1 Å². The van der Waals surface area contributed by atoms with Gasteiger partial charge in [-0.25, -0.2) is 9.97 Å². The summed E-state index contributed by atoms with van der Waals surface area (Å²) in [6.07, 6.45) is 0. The lowest BCUT2D eigenvalue weighted by atomic mass is 9.73. The molecule has 3 heteroatoms. The van der Waals surface area contributed by atoms with E-state index >= 15 is 0 Å². The number of aromatic nitrogens is 3. The van der Waals surface area contributed by atoms with E-state index in [0.29, 0.717) is 0 Å². The van der Waals surface area contributed by atoms with Crippen molar-refractivity contribution in [3.05, 3.63) is 113 Å². The minimum atomic E-state index is -0.155. The van der Waals surface area contributed by atoms with Crippen LogP contribution in [0.3, 0.4) is 0 Å². The molecule has 5 aromatic carbocycles. The summed E-state index contributed by atoms with van der Waals surface area (Å²) >= 11 is 0. The molecule has 0 saturated carbocycles. The van der Waals surface area contributed by atoms with Crippen molar-refractivity contribution in [1.82, 2.24) is 14.5 Å². The average molecular weight is 490 g/mol. The third kappa shape index (κ3) is 2.79. The maximum Gasteiger partial charge on any atom is 0.0972 e. The number of hydrogen-bond donors (Lipinski definition) is 0. The molecule has 0 unspecified atom stereocenters. The molecule has 0 bridgehead atoms. The molecule has 0 spiro atoms. The van der Waals surface area contributed by atoms with Crippen LogP contribution in [0.25, 0.3) is 60.7 Å². The lowest BCUT2D eigenvalue weighted by molar-refractivity contribution is 0.630. The van der Waals surface area contributed by atoms with E-state index in [2.05, 4.69) is 99.0 Å². The molecule has 0 aliphatic carbocycles. The highest BCUT2D eigenvalue weighted by molar-refractivity contribution is 6.12. The Morgan fingerprint density at radius 3 is 2.24 bits per heavy atom. The van der Waals surface area contributed by atoms with Crippen LogP contribution in [-0.2, 0) is 5.41 Å². The van der Waals surface area contributed by atoms with E-state index in [0.717, 1.165) is 27.6 Å². The van der Waals surface area contributed by atoms with Gasteiger partial charge in [-0.05, 0) is 79.1 Å². The van der Waals surface area contributed by atoms with Gasteiger partial charge in [-0.15, -0.1) is 0 Å². The van der Waals surface area contributed by atoms with Gasteiger partial charge in [0.25, 0.3) is 0 Å². The Labute approximate surface area is 221 Å². The average Bonchev–Trinajstić information content (AvgIpc) is 3.23. The molecule has 0 atom stereocenters. The molecule has 182 valence electrons. The van der Waals surface area contributed by atoms with Crippen LogP contribution >= 0.6 is 0 Å². The Bertz CT molecular complexity index is 2130. The van der Waals surface area contributed by atoms with E-state index in [9.17, 15) is 0 Å². The maximum absolute atomic E-state index is 5.05. The van der Waals surface area contributed by atoms with Crippen molar-refractivity contribution < 1.29 is 0 Å². The van der Waals surface area contributed by atoms with Crippen molar-refractivity contribution in [3.63, 3.8) is 0 Å². The van der Waals surface area contributed by atoms with Crippen LogP contribution in [0.2, 0.25) is 0 Å². The number of benzene rings is 5. The molecular weight excluding hydrogens is 462 g/mol. The Morgan fingerprint density at radius 1 is 0.632 bits per heavy atom. The number of fused-ring (bicyclic) bond motifs is 7. The standard InChI is InChI=1S/C35H27N3/c1-20-12-14-31-24(16-20)25-17-21(2)18-27-34(25)38(31)32-15-13-22(19-26(32)35(27,3)4)23-8-7-11-30-33(23)37-29-10-6-5-9-28(29)36-30/h5-19H,1-4H3. The molecule has 8 rings (SSSR count). The predicted octanol–water partition coefficient (Wildman–Crippen LogP) is 8.80. The Balaban J connectivity index is 1.44. The highest BCUT2D eigenvalue weighted by Crippen LogP contribution is 2.49. The van der Waals surface area contributed by atoms with Gasteiger partial charge in [0.15, 0.2) is 0 Å². The zero-order valence-electron chi connectivity index (χ0n) is 22.0. The van der Waals surface area contributed by atoms with Crippen LogP contribution in [0.15, 0.2) is 91.0 Å². The molecule has 1 aliphatic rings. The zero-order valence-corrected chi connectivity index (χ0v) is 22.0. The Kier molecular flexibility index (Phi) is 4.14.